The minimum Gasteiger partial charge on any atom is -0.346 e. The van der Waals surface area contributed by atoms with Gasteiger partial charge in [-0.15, -0.1) is 0 Å². The van der Waals surface area contributed by atoms with Crippen LogP contribution in [0.15, 0.2) is 0 Å². The first-order valence-corrected chi connectivity index (χ1v) is 4.96. The molecule has 13 heavy (non-hydrogen) atoms. The van der Waals surface area contributed by atoms with Crippen LogP contribution in [0.1, 0.15) is 26.7 Å². The third-order valence-electron chi connectivity index (χ3n) is 1.88. The number of rotatable bonds is 6. The molecule has 0 bridgehead atoms. The molecule has 0 fully saturated rings. The lowest BCUT2D eigenvalue weighted by atomic mass is 10.2. The number of hydrogen-bond acceptors (Lipinski definition) is 2. The van der Waals surface area contributed by atoms with Crippen molar-refractivity contribution in [2.45, 2.75) is 26.7 Å². The molecule has 0 saturated heterocycles. The molecule has 0 aliphatic carbocycles. The lowest BCUT2D eigenvalue weighted by molar-refractivity contribution is -0.130. The molecule has 0 spiro atoms. The molecule has 0 aliphatic rings. The van der Waals surface area contributed by atoms with Gasteiger partial charge < -0.3 is 10.2 Å². The minimum atomic E-state index is 0.254. The van der Waals surface area contributed by atoms with Crippen molar-refractivity contribution < 1.29 is 4.79 Å². The Bertz CT molecular complexity index is 146. The summed E-state index contributed by atoms with van der Waals surface area (Å²) >= 11 is 0. The molecule has 0 atom stereocenters. The average molecular weight is 186 g/mol. The Hall–Kier alpha value is -0.570. The zero-order valence-corrected chi connectivity index (χ0v) is 9.26. The molecular formula is C10H22N2O. The molecule has 3 heteroatoms. The lowest BCUT2D eigenvalue weighted by Crippen LogP contribution is -2.30. The number of amides is 1. The molecule has 0 radical (unpaired) electrons. The van der Waals surface area contributed by atoms with Gasteiger partial charge in [-0.25, -0.2) is 0 Å². The van der Waals surface area contributed by atoms with Gasteiger partial charge in [0, 0.05) is 20.0 Å². The van der Waals surface area contributed by atoms with Gasteiger partial charge in [0.25, 0.3) is 0 Å². The molecule has 78 valence electrons. The van der Waals surface area contributed by atoms with Crippen LogP contribution in [0.3, 0.4) is 0 Å². The fourth-order valence-corrected chi connectivity index (χ4v) is 1.26. The maximum atomic E-state index is 11.5. The summed E-state index contributed by atoms with van der Waals surface area (Å²) < 4.78 is 0. The number of nitrogens with zero attached hydrogens (tertiary/aromatic N) is 1. The van der Waals surface area contributed by atoms with Gasteiger partial charge in [0.05, 0.1) is 0 Å². The molecule has 1 amide bonds. The Labute approximate surface area is 81.5 Å². The molecule has 1 N–H and O–H groups in total. The van der Waals surface area contributed by atoms with E-state index >= 15 is 0 Å². The van der Waals surface area contributed by atoms with E-state index in [1.54, 1.807) is 0 Å². The smallest absolute Gasteiger partial charge is 0.222 e. The highest BCUT2D eigenvalue weighted by Crippen LogP contribution is 1.99. The summed E-state index contributed by atoms with van der Waals surface area (Å²) in [4.78, 5) is 13.3. The molecule has 0 aromatic heterocycles. The largest absolute Gasteiger partial charge is 0.346 e. The van der Waals surface area contributed by atoms with Gasteiger partial charge >= 0.3 is 0 Å². The van der Waals surface area contributed by atoms with Crippen molar-refractivity contribution in [1.82, 2.24) is 10.2 Å². The highest BCUT2D eigenvalue weighted by molar-refractivity contribution is 5.75. The maximum Gasteiger partial charge on any atom is 0.222 e. The van der Waals surface area contributed by atoms with E-state index in [2.05, 4.69) is 19.2 Å². The summed E-state index contributed by atoms with van der Waals surface area (Å²) in [5.41, 5.74) is 0. The summed E-state index contributed by atoms with van der Waals surface area (Å²) in [6, 6.07) is 0. The summed E-state index contributed by atoms with van der Waals surface area (Å²) in [6.45, 7) is 6.02. The molecule has 0 heterocycles. The van der Waals surface area contributed by atoms with Crippen LogP contribution in [0.4, 0.5) is 0 Å². The van der Waals surface area contributed by atoms with E-state index in [1.165, 1.54) is 0 Å². The molecule has 0 rings (SSSR count). The van der Waals surface area contributed by atoms with Gasteiger partial charge in [-0.3, -0.25) is 4.79 Å². The van der Waals surface area contributed by atoms with Crippen LogP contribution in [0.5, 0.6) is 0 Å². The van der Waals surface area contributed by atoms with Gasteiger partial charge in [-0.05, 0) is 25.9 Å². The predicted molar refractivity (Wildman–Crippen MR) is 55.6 cm³/mol. The molecule has 0 saturated carbocycles. The monoisotopic (exact) mass is 186 g/mol. The molecule has 0 aromatic rings. The number of nitrogens with one attached hydrogen (secondary N) is 1. The van der Waals surface area contributed by atoms with Crippen molar-refractivity contribution in [3.8, 4) is 0 Å². The van der Waals surface area contributed by atoms with Gasteiger partial charge in [0.2, 0.25) is 5.91 Å². The van der Waals surface area contributed by atoms with Crippen LogP contribution >= 0.6 is 0 Å². The third kappa shape index (κ3) is 6.58. The summed E-state index contributed by atoms with van der Waals surface area (Å²) in [5, 5.41) is 3.03. The summed E-state index contributed by atoms with van der Waals surface area (Å²) in [7, 11) is 3.78. The van der Waals surface area contributed by atoms with Crippen LogP contribution in [0.25, 0.3) is 0 Å². The third-order valence-corrected chi connectivity index (χ3v) is 1.88. The van der Waals surface area contributed by atoms with Gasteiger partial charge in [-0.2, -0.15) is 0 Å². The van der Waals surface area contributed by atoms with Crippen molar-refractivity contribution in [2.24, 2.45) is 5.92 Å². The Morgan fingerprint density at radius 1 is 1.46 bits per heavy atom. The lowest BCUT2D eigenvalue weighted by Gasteiger charge is -2.19. The first-order chi connectivity index (χ1) is 6.07. The fraction of sp³-hybridized carbons (Fsp3) is 0.900. The Balaban J connectivity index is 3.57. The van der Waals surface area contributed by atoms with Crippen molar-refractivity contribution in [3.63, 3.8) is 0 Å². The fourth-order valence-electron chi connectivity index (χ4n) is 1.26. The Morgan fingerprint density at radius 3 is 2.54 bits per heavy atom. The quantitative estimate of drug-likeness (QED) is 0.630. The second kappa shape index (κ2) is 6.89. The zero-order valence-electron chi connectivity index (χ0n) is 9.26. The minimum absolute atomic E-state index is 0.254. The van der Waals surface area contributed by atoms with Gasteiger partial charge in [0.1, 0.15) is 0 Å². The second-order valence-electron chi connectivity index (χ2n) is 3.88. The highest BCUT2D eigenvalue weighted by Gasteiger charge is 2.08. The van der Waals surface area contributed by atoms with Crippen LogP contribution in [-0.4, -0.2) is 38.0 Å². The normalized spacial score (nSPS) is 10.5. The Kier molecular flexibility index (Phi) is 6.59. The number of carbonyl (C=O) groups is 1. The average Bonchev–Trinajstić information content (AvgIpc) is 2.03. The molecule has 0 aliphatic heterocycles. The number of carbonyl (C=O) groups excluding carboxylic acids is 1. The van der Waals surface area contributed by atoms with E-state index in [4.69, 9.17) is 0 Å². The van der Waals surface area contributed by atoms with Crippen molar-refractivity contribution in [3.05, 3.63) is 0 Å². The molecule has 3 nitrogen and oxygen atoms in total. The summed E-state index contributed by atoms with van der Waals surface area (Å²) in [5.74, 6) is 0.808. The van der Waals surface area contributed by atoms with E-state index in [9.17, 15) is 4.79 Å². The van der Waals surface area contributed by atoms with E-state index in [-0.39, 0.29) is 5.91 Å². The highest BCUT2D eigenvalue weighted by atomic mass is 16.2. The van der Waals surface area contributed by atoms with Crippen LogP contribution < -0.4 is 5.32 Å². The van der Waals surface area contributed by atoms with Crippen LogP contribution in [0, 0.1) is 5.92 Å². The molecular weight excluding hydrogens is 164 g/mol. The zero-order chi connectivity index (χ0) is 10.3. The SMILES string of the molecule is CNCCCC(=O)N(C)CC(C)C. The van der Waals surface area contributed by atoms with E-state index in [0.29, 0.717) is 12.3 Å². The topological polar surface area (TPSA) is 32.3 Å². The first-order valence-electron chi connectivity index (χ1n) is 4.96. The van der Waals surface area contributed by atoms with E-state index in [1.807, 2.05) is 19.0 Å². The van der Waals surface area contributed by atoms with Crippen LogP contribution in [-0.2, 0) is 4.79 Å². The Morgan fingerprint density at radius 2 is 2.08 bits per heavy atom. The second-order valence-corrected chi connectivity index (χ2v) is 3.88. The standard InChI is InChI=1S/C10H22N2O/c1-9(2)8-12(4)10(13)6-5-7-11-3/h9,11H,5-8H2,1-4H3. The van der Waals surface area contributed by atoms with Crippen LogP contribution in [0.2, 0.25) is 0 Å². The van der Waals surface area contributed by atoms with Crippen molar-refractivity contribution in [1.29, 1.82) is 0 Å². The predicted octanol–water partition coefficient (Wildman–Crippen LogP) is 1.10. The first kappa shape index (κ1) is 12.4. The van der Waals surface area contributed by atoms with Gasteiger partial charge in [0.15, 0.2) is 0 Å². The maximum absolute atomic E-state index is 11.5. The van der Waals surface area contributed by atoms with Gasteiger partial charge in [-0.1, -0.05) is 13.8 Å². The van der Waals surface area contributed by atoms with E-state index < -0.39 is 0 Å². The van der Waals surface area contributed by atoms with E-state index in [0.717, 1.165) is 19.5 Å². The van der Waals surface area contributed by atoms with Crippen molar-refractivity contribution in [2.75, 3.05) is 27.2 Å². The number of hydrogen-bond donors (Lipinski definition) is 1. The van der Waals surface area contributed by atoms with Crippen molar-refractivity contribution >= 4 is 5.91 Å². The molecule has 0 aromatic carbocycles. The summed E-state index contributed by atoms with van der Waals surface area (Å²) in [6.07, 6.45) is 1.59. The molecule has 0 unspecified atom stereocenters.